The standard InChI is InChI=1S/C16H27N5O/c1-13-11-17-14(19-13)15(22)18-12-16(5-3-4-6-16)21-9-7-20(2)8-10-21/h11H,3-10,12H2,1-2H3,(H,17,19)(H,18,22). The third-order valence-corrected chi connectivity index (χ3v) is 5.20. The minimum Gasteiger partial charge on any atom is -0.348 e. The van der Waals surface area contributed by atoms with Gasteiger partial charge in [0.25, 0.3) is 5.91 Å². The minimum absolute atomic E-state index is 0.0893. The second kappa shape index (κ2) is 6.38. The van der Waals surface area contributed by atoms with Crippen LogP contribution in [0.2, 0.25) is 0 Å². The van der Waals surface area contributed by atoms with E-state index in [-0.39, 0.29) is 11.4 Å². The second-order valence-electron chi connectivity index (χ2n) is 6.82. The number of hydrogen-bond donors (Lipinski definition) is 2. The molecule has 0 unspecified atom stereocenters. The van der Waals surface area contributed by atoms with E-state index in [1.165, 1.54) is 25.7 Å². The van der Waals surface area contributed by atoms with Crippen molar-refractivity contribution >= 4 is 5.91 Å². The van der Waals surface area contributed by atoms with Crippen molar-refractivity contribution in [3.8, 4) is 0 Å². The largest absolute Gasteiger partial charge is 0.348 e. The number of piperazine rings is 1. The number of rotatable bonds is 4. The van der Waals surface area contributed by atoms with Gasteiger partial charge >= 0.3 is 0 Å². The van der Waals surface area contributed by atoms with Crippen LogP contribution < -0.4 is 5.32 Å². The fraction of sp³-hybridized carbons (Fsp3) is 0.750. The summed E-state index contributed by atoms with van der Waals surface area (Å²) < 4.78 is 0. The molecule has 0 spiro atoms. The maximum Gasteiger partial charge on any atom is 0.287 e. The van der Waals surface area contributed by atoms with Gasteiger partial charge in [-0.25, -0.2) is 4.98 Å². The maximum atomic E-state index is 12.3. The van der Waals surface area contributed by atoms with Crippen molar-refractivity contribution in [2.75, 3.05) is 39.8 Å². The fourth-order valence-electron chi connectivity index (χ4n) is 3.78. The molecule has 2 heterocycles. The molecule has 2 N–H and O–H groups in total. The quantitative estimate of drug-likeness (QED) is 0.871. The highest BCUT2D eigenvalue weighted by molar-refractivity contribution is 5.90. The van der Waals surface area contributed by atoms with Crippen molar-refractivity contribution in [1.29, 1.82) is 0 Å². The average Bonchev–Trinajstić information content (AvgIpc) is 3.15. The van der Waals surface area contributed by atoms with Crippen LogP contribution in [0, 0.1) is 6.92 Å². The van der Waals surface area contributed by atoms with E-state index >= 15 is 0 Å². The van der Waals surface area contributed by atoms with Crippen molar-refractivity contribution in [2.45, 2.75) is 38.1 Å². The van der Waals surface area contributed by atoms with Gasteiger partial charge in [-0.05, 0) is 26.8 Å². The van der Waals surface area contributed by atoms with Gasteiger partial charge in [-0.3, -0.25) is 9.69 Å². The van der Waals surface area contributed by atoms with Gasteiger partial charge < -0.3 is 15.2 Å². The van der Waals surface area contributed by atoms with Gasteiger partial charge in [0.1, 0.15) is 0 Å². The molecule has 1 aromatic rings. The first-order valence-corrected chi connectivity index (χ1v) is 8.32. The van der Waals surface area contributed by atoms with Crippen molar-refractivity contribution < 1.29 is 4.79 Å². The summed E-state index contributed by atoms with van der Waals surface area (Å²) in [5, 5.41) is 3.12. The van der Waals surface area contributed by atoms with Crippen LogP contribution in [0.3, 0.4) is 0 Å². The number of aromatic nitrogens is 2. The van der Waals surface area contributed by atoms with Crippen LogP contribution in [-0.2, 0) is 0 Å². The van der Waals surface area contributed by atoms with E-state index in [9.17, 15) is 4.79 Å². The number of imidazole rings is 1. The Kier molecular flexibility index (Phi) is 4.49. The van der Waals surface area contributed by atoms with Crippen molar-refractivity contribution in [3.05, 3.63) is 17.7 Å². The van der Waals surface area contributed by atoms with E-state index < -0.39 is 0 Å². The Bertz CT molecular complexity index is 512. The van der Waals surface area contributed by atoms with E-state index in [1.807, 2.05) is 6.92 Å². The summed E-state index contributed by atoms with van der Waals surface area (Å²) in [6.45, 7) is 7.08. The van der Waals surface area contributed by atoms with Gasteiger partial charge in [-0.15, -0.1) is 0 Å². The first-order valence-electron chi connectivity index (χ1n) is 8.32. The SMILES string of the molecule is Cc1cnc(C(=O)NCC2(N3CCN(C)CC3)CCCC2)[nH]1. The smallest absolute Gasteiger partial charge is 0.287 e. The fourth-order valence-corrected chi connectivity index (χ4v) is 3.78. The summed E-state index contributed by atoms with van der Waals surface area (Å²) in [4.78, 5) is 24.4. The Morgan fingerprint density at radius 2 is 2.00 bits per heavy atom. The Morgan fingerprint density at radius 3 is 2.59 bits per heavy atom. The normalized spacial score (nSPS) is 22.8. The first kappa shape index (κ1) is 15.5. The number of H-pyrrole nitrogens is 1. The molecule has 1 aliphatic heterocycles. The van der Waals surface area contributed by atoms with E-state index in [4.69, 9.17) is 0 Å². The van der Waals surface area contributed by atoms with Gasteiger partial charge in [-0.1, -0.05) is 12.8 Å². The minimum atomic E-state index is -0.0893. The maximum absolute atomic E-state index is 12.3. The number of amides is 1. The van der Waals surface area contributed by atoms with E-state index in [0.29, 0.717) is 5.82 Å². The summed E-state index contributed by atoms with van der Waals surface area (Å²) in [6.07, 6.45) is 6.60. The first-order chi connectivity index (χ1) is 10.6. The molecule has 2 fully saturated rings. The van der Waals surface area contributed by atoms with Gasteiger partial charge in [0.05, 0.1) is 0 Å². The number of carbonyl (C=O) groups is 1. The molecular formula is C16H27N5O. The number of aryl methyl sites for hydroxylation is 1. The molecule has 0 radical (unpaired) electrons. The van der Waals surface area contributed by atoms with Gasteiger partial charge in [0.15, 0.2) is 5.82 Å². The molecule has 2 aliphatic rings. The Morgan fingerprint density at radius 1 is 1.32 bits per heavy atom. The van der Waals surface area contributed by atoms with E-state index in [0.717, 1.165) is 38.4 Å². The zero-order chi connectivity index (χ0) is 15.6. The number of nitrogens with one attached hydrogen (secondary N) is 2. The number of hydrogen-bond acceptors (Lipinski definition) is 4. The van der Waals surface area contributed by atoms with Crippen LogP contribution in [-0.4, -0.2) is 71.0 Å². The van der Waals surface area contributed by atoms with Crippen LogP contribution in [0.25, 0.3) is 0 Å². The predicted octanol–water partition coefficient (Wildman–Crippen LogP) is 1.01. The van der Waals surface area contributed by atoms with Gasteiger partial charge in [0, 0.05) is 50.2 Å². The highest BCUT2D eigenvalue weighted by Crippen LogP contribution is 2.35. The van der Waals surface area contributed by atoms with E-state index in [2.05, 4.69) is 32.1 Å². The molecule has 3 rings (SSSR count). The molecule has 1 amide bonds. The monoisotopic (exact) mass is 305 g/mol. The lowest BCUT2D eigenvalue weighted by molar-refractivity contribution is 0.0413. The summed E-state index contributed by atoms with van der Waals surface area (Å²) in [5.74, 6) is 0.331. The van der Waals surface area contributed by atoms with Crippen LogP contribution >= 0.6 is 0 Å². The van der Waals surface area contributed by atoms with Crippen LogP contribution in [0.5, 0.6) is 0 Å². The lowest BCUT2D eigenvalue weighted by Crippen LogP contribution is -2.59. The Hall–Kier alpha value is -1.40. The molecule has 22 heavy (non-hydrogen) atoms. The third-order valence-electron chi connectivity index (χ3n) is 5.20. The average molecular weight is 305 g/mol. The lowest BCUT2D eigenvalue weighted by atomic mass is 9.93. The molecule has 1 saturated heterocycles. The molecule has 1 aromatic heterocycles. The number of nitrogens with zero attached hydrogens (tertiary/aromatic N) is 3. The number of carbonyl (C=O) groups excluding carboxylic acids is 1. The lowest BCUT2D eigenvalue weighted by Gasteiger charge is -2.45. The van der Waals surface area contributed by atoms with Crippen molar-refractivity contribution in [1.82, 2.24) is 25.1 Å². The zero-order valence-electron chi connectivity index (χ0n) is 13.7. The molecule has 1 aliphatic carbocycles. The van der Waals surface area contributed by atoms with E-state index in [1.54, 1.807) is 6.20 Å². The summed E-state index contributed by atoms with van der Waals surface area (Å²) in [5.41, 5.74) is 1.07. The molecule has 6 heteroatoms. The summed E-state index contributed by atoms with van der Waals surface area (Å²) in [6, 6.07) is 0. The topological polar surface area (TPSA) is 64.3 Å². The summed E-state index contributed by atoms with van der Waals surface area (Å²) in [7, 11) is 2.18. The molecule has 6 nitrogen and oxygen atoms in total. The predicted molar refractivity (Wildman–Crippen MR) is 85.9 cm³/mol. The number of aromatic amines is 1. The van der Waals surface area contributed by atoms with Crippen LogP contribution in [0.4, 0.5) is 0 Å². The van der Waals surface area contributed by atoms with Gasteiger partial charge in [0.2, 0.25) is 0 Å². The van der Waals surface area contributed by atoms with Gasteiger partial charge in [-0.2, -0.15) is 0 Å². The van der Waals surface area contributed by atoms with Crippen molar-refractivity contribution in [3.63, 3.8) is 0 Å². The molecule has 122 valence electrons. The highest BCUT2D eigenvalue weighted by Gasteiger charge is 2.40. The molecular weight excluding hydrogens is 278 g/mol. The van der Waals surface area contributed by atoms with Crippen molar-refractivity contribution in [2.24, 2.45) is 0 Å². The molecule has 0 bridgehead atoms. The molecule has 1 saturated carbocycles. The molecule has 0 aromatic carbocycles. The second-order valence-corrected chi connectivity index (χ2v) is 6.82. The Labute approximate surface area is 132 Å². The molecule has 0 atom stereocenters. The van der Waals surface area contributed by atoms with Crippen LogP contribution in [0.1, 0.15) is 42.0 Å². The summed E-state index contributed by atoms with van der Waals surface area (Å²) >= 11 is 0. The Balaban J connectivity index is 1.63. The third kappa shape index (κ3) is 3.17. The number of likely N-dealkylation sites (N-methyl/N-ethyl adjacent to an activating group) is 1. The highest BCUT2D eigenvalue weighted by atomic mass is 16.2. The van der Waals surface area contributed by atoms with Crippen LogP contribution in [0.15, 0.2) is 6.20 Å². The zero-order valence-corrected chi connectivity index (χ0v) is 13.7.